The molecule has 3 nitrogen and oxygen atoms in total. The van der Waals surface area contributed by atoms with Crippen LogP contribution in [-0.4, -0.2) is 16.8 Å². The number of aromatic amines is 1. The molecule has 0 bridgehead atoms. The number of carbonyl (C=O) groups excluding carboxylic acids is 1. The Hall–Kier alpha value is -2.39. The minimum Gasteiger partial charge on any atom is -0.360 e. The highest BCUT2D eigenvalue weighted by Crippen LogP contribution is 2.20. The first-order chi connectivity index (χ1) is 10.7. The summed E-state index contributed by atoms with van der Waals surface area (Å²) in [6.07, 6.45) is 1.80. The van der Waals surface area contributed by atoms with Crippen molar-refractivity contribution in [2.45, 2.75) is 25.9 Å². The third kappa shape index (κ3) is 2.81. The predicted octanol–water partition coefficient (Wildman–Crippen LogP) is 4.09. The molecule has 0 saturated carbocycles. The van der Waals surface area contributed by atoms with Gasteiger partial charge in [-0.2, -0.15) is 0 Å². The number of fused-ring (bicyclic) bond motifs is 1. The van der Waals surface area contributed by atoms with E-state index in [1.165, 1.54) is 5.56 Å². The molecule has 0 aliphatic carbocycles. The standard InChI is InChI=1S/C19H20N2O/c1-13(15-8-4-3-5-9-15)21-14(2)19(22)17-12-20-18-11-7-6-10-16(17)18/h3-14,20-21H,1-2H3/t13-,14-/m0/s1. The molecule has 0 aliphatic heterocycles. The molecule has 0 aliphatic rings. The lowest BCUT2D eigenvalue weighted by Crippen LogP contribution is -2.35. The van der Waals surface area contributed by atoms with Gasteiger partial charge in [-0.25, -0.2) is 0 Å². The van der Waals surface area contributed by atoms with E-state index in [0.29, 0.717) is 0 Å². The van der Waals surface area contributed by atoms with Crippen LogP contribution in [-0.2, 0) is 0 Å². The zero-order chi connectivity index (χ0) is 15.5. The van der Waals surface area contributed by atoms with E-state index in [-0.39, 0.29) is 17.9 Å². The van der Waals surface area contributed by atoms with Crippen LogP contribution in [0.15, 0.2) is 60.8 Å². The molecule has 0 radical (unpaired) electrons. The summed E-state index contributed by atoms with van der Waals surface area (Å²) >= 11 is 0. The van der Waals surface area contributed by atoms with E-state index in [4.69, 9.17) is 0 Å². The van der Waals surface area contributed by atoms with E-state index >= 15 is 0 Å². The third-order valence-corrected chi connectivity index (χ3v) is 4.05. The number of hydrogen-bond acceptors (Lipinski definition) is 2. The van der Waals surface area contributed by atoms with E-state index in [1.54, 1.807) is 6.20 Å². The van der Waals surface area contributed by atoms with Gasteiger partial charge in [0.25, 0.3) is 0 Å². The van der Waals surface area contributed by atoms with Crippen LogP contribution in [0.5, 0.6) is 0 Å². The molecule has 22 heavy (non-hydrogen) atoms. The zero-order valence-corrected chi connectivity index (χ0v) is 12.8. The lowest BCUT2D eigenvalue weighted by molar-refractivity contribution is 0.0947. The van der Waals surface area contributed by atoms with Gasteiger partial charge in [0.05, 0.1) is 6.04 Å². The summed E-state index contributed by atoms with van der Waals surface area (Å²) in [5, 5.41) is 4.37. The topological polar surface area (TPSA) is 44.9 Å². The van der Waals surface area contributed by atoms with E-state index < -0.39 is 0 Å². The Balaban J connectivity index is 1.77. The van der Waals surface area contributed by atoms with Crippen molar-refractivity contribution in [3.05, 3.63) is 71.9 Å². The quantitative estimate of drug-likeness (QED) is 0.696. The maximum Gasteiger partial charge on any atom is 0.181 e. The number of benzene rings is 2. The maximum atomic E-state index is 12.7. The van der Waals surface area contributed by atoms with E-state index in [1.807, 2.05) is 49.4 Å². The Morgan fingerprint density at radius 1 is 1.00 bits per heavy atom. The number of ketones is 1. The molecule has 2 atom stereocenters. The average Bonchev–Trinajstić information content (AvgIpc) is 2.99. The molecule has 3 heteroatoms. The van der Waals surface area contributed by atoms with E-state index in [0.717, 1.165) is 16.5 Å². The fourth-order valence-electron chi connectivity index (χ4n) is 2.80. The SMILES string of the molecule is C[C@H](N[C@@H](C)c1ccccc1)C(=O)c1c[nH]c2ccccc12. The summed E-state index contributed by atoms with van der Waals surface area (Å²) in [7, 11) is 0. The zero-order valence-electron chi connectivity index (χ0n) is 12.8. The second kappa shape index (κ2) is 6.16. The largest absolute Gasteiger partial charge is 0.360 e. The van der Waals surface area contributed by atoms with Crippen LogP contribution >= 0.6 is 0 Å². The van der Waals surface area contributed by atoms with Gasteiger partial charge in [-0.3, -0.25) is 4.79 Å². The van der Waals surface area contributed by atoms with Gasteiger partial charge in [0.1, 0.15) is 0 Å². The van der Waals surface area contributed by atoms with Crippen molar-refractivity contribution in [2.75, 3.05) is 0 Å². The number of Topliss-reactive ketones (excluding diaryl/α,β-unsaturated/α-hetero) is 1. The van der Waals surface area contributed by atoms with Crippen LogP contribution in [0.2, 0.25) is 0 Å². The Kier molecular flexibility index (Phi) is 4.07. The van der Waals surface area contributed by atoms with Gasteiger partial charge in [0.2, 0.25) is 0 Å². The summed E-state index contributed by atoms with van der Waals surface area (Å²) in [5.41, 5.74) is 2.92. The highest BCUT2D eigenvalue weighted by molar-refractivity contribution is 6.10. The second-order valence-corrected chi connectivity index (χ2v) is 5.63. The molecule has 1 heterocycles. The minimum absolute atomic E-state index is 0.111. The maximum absolute atomic E-state index is 12.7. The molecule has 0 saturated heterocycles. The molecule has 0 amide bonds. The molecule has 2 aromatic carbocycles. The molecule has 0 fully saturated rings. The number of carbonyl (C=O) groups is 1. The highest BCUT2D eigenvalue weighted by atomic mass is 16.1. The van der Waals surface area contributed by atoms with Crippen LogP contribution in [0.25, 0.3) is 10.9 Å². The Bertz CT molecular complexity index is 776. The smallest absolute Gasteiger partial charge is 0.181 e. The van der Waals surface area contributed by atoms with Crippen LogP contribution in [0, 0.1) is 0 Å². The fraction of sp³-hybridized carbons (Fsp3) is 0.211. The van der Waals surface area contributed by atoms with Crippen LogP contribution in [0.4, 0.5) is 0 Å². The fourth-order valence-corrected chi connectivity index (χ4v) is 2.80. The van der Waals surface area contributed by atoms with Crippen molar-refractivity contribution >= 4 is 16.7 Å². The molecule has 1 aromatic heterocycles. The lowest BCUT2D eigenvalue weighted by atomic mass is 10.0. The Morgan fingerprint density at radius 3 is 2.45 bits per heavy atom. The average molecular weight is 292 g/mol. The van der Waals surface area contributed by atoms with Crippen molar-refractivity contribution in [3.63, 3.8) is 0 Å². The summed E-state index contributed by atoms with van der Waals surface area (Å²) in [6.45, 7) is 4.00. The summed E-state index contributed by atoms with van der Waals surface area (Å²) < 4.78 is 0. The molecule has 112 valence electrons. The Morgan fingerprint density at radius 2 is 1.68 bits per heavy atom. The molecule has 0 spiro atoms. The van der Waals surface area contributed by atoms with Crippen molar-refractivity contribution < 1.29 is 4.79 Å². The molecule has 2 N–H and O–H groups in total. The van der Waals surface area contributed by atoms with Gasteiger partial charge in [0.15, 0.2) is 5.78 Å². The molecular formula is C19H20N2O. The van der Waals surface area contributed by atoms with Gasteiger partial charge in [-0.05, 0) is 25.5 Å². The number of rotatable bonds is 5. The minimum atomic E-state index is -0.241. The van der Waals surface area contributed by atoms with Crippen molar-refractivity contribution in [1.82, 2.24) is 10.3 Å². The third-order valence-electron chi connectivity index (χ3n) is 4.05. The molecular weight excluding hydrogens is 272 g/mol. The van der Waals surface area contributed by atoms with Crippen LogP contribution < -0.4 is 5.32 Å². The first-order valence-electron chi connectivity index (χ1n) is 7.58. The van der Waals surface area contributed by atoms with Gasteiger partial charge < -0.3 is 10.3 Å². The first-order valence-corrected chi connectivity index (χ1v) is 7.58. The lowest BCUT2D eigenvalue weighted by Gasteiger charge is -2.19. The van der Waals surface area contributed by atoms with Gasteiger partial charge >= 0.3 is 0 Å². The van der Waals surface area contributed by atoms with Crippen molar-refractivity contribution in [3.8, 4) is 0 Å². The normalized spacial score (nSPS) is 13.9. The number of H-pyrrole nitrogens is 1. The summed E-state index contributed by atoms with van der Waals surface area (Å²) in [5.74, 6) is 0.111. The summed E-state index contributed by atoms with van der Waals surface area (Å²) in [6, 6.07) is 17.9. The second-order valence-electron chi connectivity index (χ2n) is 5.63. The molecule has 0 unspecified atom stereocenters. The van der Waals surface area contributed by atoms with Gasteiger partial charge in [-0.15, -0.1) is 0 Å². The monoisotopic (exact) mass is 292 g/mol. The highest BCUT2D eigenvalue weighted by Gasteiger charge is 2.20. The van der Waals surface area contributed by atoms with Crippen molar-refractivity contribution in [2.24, 2.45) is 0 Å². The van der Waals surface area contributed by atoms with Gasteiger partial charge in [-0.1, -0.05) is 48.5 Å². The Labute approximate surface area is 130 Å². The number of hydrogen-bond donors (Lipinski definition) is 2. The molecule has 3 rings (SSSR count). The summed E-state index contributed by atoms with van der Waals surface area (Å²) in [4.78, 5) is 15.9. The number of aromatic nitrogens is 1. The van der Waals surface area contributed by atoms with Crippen molar-refractivity contribution in [1.29, 1.82) is 0 Å². The van der Waals surface area contributed by atoms with E-state index in [9.17, 15) is 4.79 Å². The predicted molar refractivity (Wildman–Crippen MR) is 90.1 cm³/mol. The van der Waals surface area contributed by atoms with Crippen LogP contribution in [0.1, 0.15) is 35.8 Å². The number of nitrogens with one attached hydrogen (secondary N) is 2. The van der Waals surface area contributed by atoms with E-state index in [2.05, 4.69) is 29.4 Å². The van der Waals surface area contributed by atoms with Gasteiger partial charge in [0, 0.05) is 28.7 Å². The van der Waals surface area contributed by atoms with Crippen LogP contribution in [0.3, 0.4) is 0 Å². The molecule has 3 aromatic rings. The first kappa shape index (κ1) is 14.5. The number of para-hydroxylation sites is 1.